The van der Waals surface area contributed by atoms with Crippen molar-refractivity contribution in [1.29, 1.82) is 0 Å². The number of thioether (sulfide) groups is 1. The number of hydrogen-bond donors (Lipinski definition) is 2. The van der Waals surface area contributed by atoms with Crippen LogP contribution in [0.4, 0.5) is 10.1 Å². The van der Waals surface area contributed by atoms with E-state index in [1.54, 1.807) is 7.11 Å². The molecular weight excluding hydrogens is 505 g/mol. The summed E-state index contributed by atoms with van der Waals surface area (Å²) in [4.78, 5) is 25.2. The molecule has 0 aliphatic rings. The molecule has 196 valence electrons. The Balaban J connectivity index is 1.48. The molecule has 38 heavy (non-hydrogen) atoms. The monoisotopic (exact) mass is 533 g/mol. The molecule has 1 heterocycles. The van der Waals surface area contributed by atoms with Crippen molar-refractivity contribution in [3.05, 3.63) is 95.1 Å². The molecule has 4 rings (SSSR count). The maximum atomic E-state index is 13.1. The van der Waals surface area contributed by atoms with E-state index in [-0.39, 0.29) is 36.4 Å². The van der Waals surface area contributed by atoms with Crippen LogP contribution in [0.2, 0.25) is 0 Å². The molecule has 0 aliphatic heterocycles. The van der Waals surface area contributed by atoms with Gasteiger partial charge >= 0.3 is 0 Å². The predicted molar refractivity (Wildman–Crippen MR) is 145 cm³/mol. The Kier molecular flexibility index (Phi) is 8.75. The molecule has 1 aromatic heterocycles. The van der Waals surface area contributed by atoms with Gasteiger partial charge in [-0.25, -0.2) is 4.39 Å². The minimum Gasteiger partial charge on any atom is -0.497 e. The maximum Gasteiger partial charge on any atom is 0.234 e. The number of rotatable bonds is 10. The Morgan fingerprint density at radius 2 is 1.71 bits per heavy atom. The molecule has 8 nitrogen and oxygen atoms in total. The van der Waals surface area contributed by atoms with Gasteiger partial charge in [-0.05, 0) is 73.0 Å². The van der Waals surface area contributed by atoms with E-state index in [1.807, 2.05) is 60.9 Å². The van der Waals surface area contributed by atoms with Crippen LogP contribution in [0.25, 0.3) is 5.69 Å². The fourth-order valence-corrected chi connectivity index (χ4v) is 4.52. The highest BCUT2D eigenvalue weighted by Crippen LogP contribution is 2.26. The van der Waals surface area contributed by atoms with Gasteiger partial charge < -0.3 is 15.4 Å². The summed E-state index contributed by atoms with van der Waals surface area (Å²) >= 11 is 1.23. The number of halogens is 1. The van der Waals surface area contributed by atoms with Crippen LogP contribution in [0.15, 0.2) is 71.9 Å². The first-order valence-electron chi connectivity index (χ1n) is 11.9. The number of nitrogens with zero attached hydrogens (tertiary/aromatic N) is 3. The molecule has 0 saturated heterocycles. The second-order valence-electron chi connectivity index (χ2n) is 8.60. The molecule has 0 saturated carbocycles. The van der Waals surface area contributed by atoms with E-state index in [0.717, 1.165) is 28.1 Å². The molecule has 0 bridgehead atoms. The molecule has 4 aromatic rings. The van der Waals surface area contributed by atoms with Gasteiger partial charge in [-0.15, -0.1) is 10.2 Å². The highest BCUT2D eigenvalue weighted by Gasteiger charge is 2.18. The molecule has 2 N–H and O–H groups in total. The summed E-state index contributed by atoms with van der Waals surface area (Å²) in [5, 5.41) is 14.8. The third-order valence-corrected chi connectivity index (χ3v) is 6.87. The summed E-state index contributed by atoms with van der Waals surface area (Å²) in [6.07, 6.45) is 0.215. The van der Waals surface area contributed by atoms with Crippen molar-refractivity contribution in [2.75, 3.05) is 18.2 Å². The molecule has 0 radical (unpaired) electrons. The van der Waals surface area contributed by atoms with Crippen molar-refractivity contribution in [3.8, 4) is 11.4 Å². The van der Waals surface area contributed by atoms with Gasteiger partial charge in [0.25, 0.3) is 0 Å². The average Bonchev–Trinajstić information content (AvgIpc) is 3.32. The number of methoxy groups -OCH3 is 1. The third kappa shape index (κ3) is 6.77. The number of ether oxygens (including phenoxy) is 1. The lowest BCUT2D eigenvalue weighted by atomic mass is 10.1. The van der Waals surface area contributed by atoms with E-state index >= 15 is 0 Å². The minimum absolute atomic E-state index is 0.0736. The number of carbonyl (C=O) groups excluding carboxylic acids is 2. The smallest absolute Gasteiger partial charge is 0.234 e. The Hall–Kier alpha value is -4.18. The molecule has 3 aromatic carbocycles. The standard InChI is InChI=1S/C28H28FN5O3S/c1-18-5-4-6-24(19(18)2)34-25(16-30-26(35)15-20-7-13-23(37-3)14-8-20)32-33-28(34)38-17-27(36)31-22-11-9-21(29)10-12-22/h4-14H,15-17H2,1-3H3,(H,30,35)(H,31,36). The lowest BCUT2D eigenvalue weighted by molar-refractivity contribution is -0.120. The number of amides is 2. The van der Waals surface area contributed by atoms with Crippen molar-refractivity contribution in [2.24, 2.45) is 0 Å². The van der Waals surface area contributed by atoms with Gasteiger partial charge in [-0.3, -0.25) is 14.2 Å². The Labute approximate surface area is 224 Å². The fraction of sp³-hybridized carbons (Fsp3) is 0.214. The number of aromatic nitrogens is 3. The summed E-state index contributed by atoms with van der Waals surface area (Å²) in [7, 11) is 1.60. The first-order valence-corrected chi connectivity index (χ1v) is 12.9. The zero-order chi connectivity index (χ0) is 27.1. The van der Waals surface area contributed by atoms with Gasteiger partial charge in [0.1, 0.15) is 11.6 Å². The van der Waals surface area contributed by atoms with Crippen molar-refractivity contribution >= 4 is 29.3 Å². The van der Waals surface area contributed by atoms with Crippen molar-refractivity contribution in [3.63, 3.8) is 0 Å². The summed E-state index contributed by atoms with van der Waals surface area (Å²) in [6.45, 7) is 4.19. The maximum absolute atomic E-state index is 13.1. The van der Waals surface area contributed by atoms with Gasteiger partial charge in [0.2, 0.25) is 11.8 Å². The fourth-order valence-electron chi connectivity index (χ4n) is 3.76. The topological polar surface area (TPSA) is 98.1 Å². The second-order valence-corrected chi connectivity index (χ2v) is 9.54. The first kappa shape index (κ1) is 26.9. The number of aryl methyl sites for hydroxylation is 1. The zero-order valence-electron chi connectivity index (χ0n) is 21.3. The van der Waals surface area contributed by atoms with E-state index in [1.165, 1.54) is 36.0 Å². The average molecular weight is 534 g/mol. The Morgan fingerprint density at radius 3 is 2.42 bits per heavy atom. The highest BCUT2D eigenvalue weighted by atomic mass is 32.2. The number of hydrogen-bond acceptors (Lipinski definition) is 6. The summed E-state index contributed by atoms with van der Waals surface area (Å²) in [6, 6.07) is 18.8. The largest absolute Gasteiger partial charge is 0.497 e. The highest BCUT2D eigenvalue weighted by molar-refractivity contribution is 7.99. The van der Waals surface area contributed by atoms with Gasteiger partial charge in [0.05, 0.1) is 31.5 Å². The lowest BCUT2D eigenvalue weighted by Crippen LogP contribution is -2.26. The normalized spacial score (nSPS) is 10.7. The van der Waals surface area contributed by atoms with Crippen LogP contribution in [0.1, 0.15) is 22.5 Å². The van der Waals surface area contributed by atoms with Gasteiger partial charge in [0.15, 0.2) is 11.0 Å². The summed E-state index contributed by atoms with van der Waals surface area (Å²) < 4.78 is 20.2. The molecular formula is C28H28FN5O3S. The molecule has 0 spiro atoms. The van der Waals surface area contributed by atoms with Crippen LogP contribution < -0.4 is 15.4 Å². The molecule has 0 aliphatic carbocycles. The summed E-state index contributed by atoms with van der Waals surface area (Å²) in [5.41, 5.74) is 4.37. The Bertz CT molecular complexity index is 1420. The van der Waals surface area contributed by atoms with Crippen LogP contribution in [0.5, 0.6) is 5.75 Å². The lowest BCUT2D eigenvalue weighted by Gasteiger charge is -2.15. The first-order chi connectivity index (χ1) is 18.3. The van der Waals surface area contributed by atoms with Crippen LogP contribution in [0, 0.1) is 19.7 Å². The number of nitrogens with one attached hydrogen (secondary N) is 2. The van der Waals surface area contributed by atoms with Gasteiger partial charge in [-0.2, -0.15) is 0 Å². The van der Waals surface area contributed by atoms with Crippen molar-refractivity contribution in [1.82, 2.24) is 20.1 Å². The van der Waals surface area contributed by atoms with Crippen LogP contribution in [0.3, 0.4) is 0 Å². The van der Waals surface area contributed by atoms with Gasteiger partial charge in [0, 0.05) is 5.69 Å². The van der Waals surface area contributed by atoms with Crippen LogP contribution >= 0.6 is 11.8 Å². The number of carbonyl (C=O) groups is 2. The van der Waals surface area contributed by atoms with Gasteiger partial charge in [-0.1, -0.05) is 36.0 Å². The van der Waals surface area contributed by atoms with E-state index in [2.05, 4.69) is 20.8 Å². The number of benzene rings is 3. The van der Waals surface area contributed by atoms with E-state index in [0.29, 0.717) is 16.7 Å². The second kappa shape index (κ2) is 12.4. The third-order valence-electron chi connectivity index (χ3n) is 5.95. The van der Waals surface area contributed by atoms with Crippen LogP contribution in [-0.2, 0) is 22.6 Å². The number of anilines is 1. The zero-order valence-corrected chi connectivity index (χ0v) is 22.1. The Morgan fingerprint density at radius 1 is 0.974 bits per heavy atom. The van der Waals surface area contributed by atoms with E-state index < -0.39 is 0 Å². The molecule has 0 fully saturated rings. The minimum atomic E-state index is -0.373. The quantitative estimate of drug-likeness (QED) is 0.289. The van der Waals surface area contributed by atoms with E-state index in [4.69, 9.17) is 4.74 Å². The molecule has 10 heteroatoms. The molecule has 2 amide bonds. The SMILES string of the molecule is COc1ccc(CC(=O)NCc2nnc(SCC(=O)Nc3ccc(F)cc3)n2-c2cccc(C)c2C)cc1. The molecule has 0 unspecified atom stereocenters. The summed E-state index contributed by atoms with van der Waals surface area (Å²) in [5.74, 6) is 0.563. The van der Waals surface area contributed by atoms with Crippen molar-refractivity contribution in [2.45, 2.75) is 32.0 Å². The van der Waals surface area contributed by atoms with Crippen molar-refractivity contribution < 1.29 is 18.7 Å². The van der Waals surface area contributed by atoms with Crippen LogP contribution in [-0.4, -0.2) is 39.4 Å². The predicted octanol–water partition coefficient (Wildman–Crippen LogP) is 4.62. The molecule has 0 atom stereocenters. The van der Waals surface area contributed by atoms with E-state index in [9.17, 15) is 14.0 Å².